The summed E-state index contributed by atoms with van der Waals surface area (Å²) >= 11 is 0. The molecular weight excluding hydrogens is 520 g/mol. The number of fused-ring (bicyclic) bond motifs is 4. The second-order valence-electron chi connectivity index (χ2n) is 10.5. The zero-order valence-corrected chi connectivity index (χ0v) is 21.8. The molecule has 40 heavy (non-hydrogen) atoms. The Morgan fingerprint density at radius 1 is 1.07 bits per heavy atom. The van der Waals surface area contributed by atoms with Crippen LogP contribution in [0.25, 0.3) is 0 Å². The Morgan fingerprint density at radius 3 is 2.67 bits per heavy atom. The Labute approximate surface area is 229 Å². The van der Waals surface area contributed by atoms with Crippen LogP contribution in [0.5, 0.6) is 5.75 Å². The van der Waals surface area contributed by atoms with Gasteiger partial charge in [0.05, 0.1) is 13.2 Å². The summed E-state index contributed by atoms with van der Waals surface area (Å²) in [5.41, 5.74) is -0.0341. The van der Waals surface area contributed by atoms with E-state index in [1.807, 2.05) is 30.3 Å². The smallest absolute Gasteiger partial charge is 0.276 e. The molecule has 0 spiro atoms. The van der Waals surface area contributed by atoms with E-state index in [1.165, 1.54) is 12.3 Å². The number of hydrogen-bond donors (Lipinski definition) is 1. The number of rotatable bonds is 6. The van der Waals surface area contributed by atoms with Crippen molar-refractivity contribution in [3.63, 3.8) is 0 Å². The van der Waals surface area contributed by atoms with Gasteiger partial charge in [-0.1, -0.05) is 49.2 Å². The summed E-state index contributed by atoms with van der Waals surface area (Å²) in [6.07, 6.45) is 4.80. The lowest BCUT2D eigenvalue weighted by atomic mass is 9.82. The van der Waals surface area contributed by atoms with E-state index in [-0.39, 0.29) is 60.1 Å². The molecule has 2 fully saturated rings. The van der Waals surface area contributed by atoms with Crippen LogP contribution >= 0.6 is 0 Å². The highest BCUT2D eigenvalue weighted by Gasteiger charge is 2.46. The Hall–Kier alpha value is -4.05. The number of amides is 2. The summed E-state index contributed by atoms with van der Waals surface area (Å²) in [5.74, 6) is -2.61. The maximum Gasteiger partial charge on any atom is 0.276 e. The first-order chi connectivity index (χ1) is 19.4. The molecule has 3 aromatic rings. The van der Waals surface area contributed by atoms with E-state index in [0.717, 1.165) is 43.4 Å². The van der Waals surface area contributed by atoms with Crippen molar-refractivity contribution < 1.29 is 27.8 Å². The van der Waals surface area contributed by atoms with Gasteiger partial charge in [-0.05, 0) is 24.5 Å². The molecule has 0 bridgehead atoms. The molecule has 1 saturated heterocycles. The standard InChI is InChI=1S/C30H29F2N3O5/c31-21-11-10-19(23(32)12-21)13-33-29(37)22-14-34-15-25-35(24-9-5-4-8-20(24)17-39-25)30(38)26(34)28(27(22)36)40-16-18-6-2-1-3-7-18/h1-3,6-7,10-12,14,20,24-25H,4-5,8-9,13,15-17H2,(H,33,37)/t20-,24-,25+/m0/s1. The van der Waals surface area contributed by atoms with E-state index in [1.54, 1.807) is 9.47 Å². The summed E-state index contributed by atoms with van der Waals surface area (Å²) in [6, 6.07) is 12.3. The number of pyridine rings is 1. The van der Waals surface area contributed by atoms with E-state index in [0.29, 0.717) is 6.61 Å². The minimum absolute atomic E-state index is 0.0220. The predicted octanol–water partition coefficient (Wildman–Crippen LogP) is 4.01. The third-order valence-electron chi connectivity index (χ3n) is 7.99. The molecule has 2 aromatic carbocycles. The second kappa shape index (κ2) is 10.8. The lowest BCUT2D eigenvalue weighted by Gasteiger charge is -2.50. The molecule has 1 N–H and O–H groups in total. The van der Waals surface area contributed by atoms with Crippen molar-refractivity contribution >= 4 is 11.8 Å². The molecular formula is C30H29F2N3O5. The van der Waals surface area contributed by atoms with Crippen molar-refractivity contribution in [2.45, 2.75) is 57.6 Å². The molecule has 208 valence electrons. The molecule has 0 unspecified atom stereocenters. The monoisotopic (exact) mass is 549 g/mol. The van der Waals surface area contributed by atoms with Crippen molar-refractivity contribution in [1.29, 1.82) is 0 Å². The highest BCUT2D eigenvalue weighted by atomic mass is 19.1. The summed E-state index contributed by atoms with van der Waals surface area (Å²) in [6.45, 7) is 0.559. The van der Waals surface area contributed by atoms with E-state index in [2.05, 4.69) is 5.32 Å². The SMILES string of the molecule is O=C(NCc1ccc(F)cc1F)c1cn2c(c(OCc3ccccc3)c1=O)C(=O)N1[C@@H](C2)OC[C@@H]2CCCC[C@@H]21. The molecule has 8 nitrogen and oxygen atoms in total. The molecule has 3 aliphatic rings. The first-order valence-corrected chi connectivity index (χ1v) is 13.5. The van der Waals surface area contributed by atoms with Crippen molar-refractivity contribution in [1.82, 2.24) is 14.8 Å². The molecule has 1 aromatic heterocycles. The minimum Gasteiger partial charge on any atom is -0.483 e. The molecule has 2 amide bonds. The van der Waals surface area contributed by atoms with Crippen LogP contribution in [0.3, 0.4) is 0 Å². The quantitative estimate of drug-likeness (QED) is 0.502. The number of ether oxygens (including phenoxy) is 2. The van der Waals surface area contributed by atoms with Gasteiger partial charge in [0, 0.05) is 36.3 Å². The van der Waals surface area contributed by atoms with Crippen LogP contribution in [0.4, 0.5) is 8.78 Å². The van der Waals surface area contributed by atoms with Crippen LogP contribution in [0.2, 0.25) is 0 Å². The van der Waals surface area contributed by atoms with Gasteiger partial charge in [0.1, 0.15) is 23.8 Å². The number of halogens is 2. The van der Waals surface area contributed by atoms with Gasteiger partial charge in [0.15, 0.2) is 17.7 Å². The van der Waals surface area contributed by atoms with Crippen LogP contribution in [0.1, 0.15) is 57.7 Å². The van der Waals surface area contributed by atoms with Gasteiger partial charge >= 0.3 is 0 Å². The van der Waals surface area contributed by atoms with Gasteiger partial charge in [-0.25, -0.2) is 8.78 Å². The first-order valence-electron chi connectivity index (χ1n) is 13.5. The lowest BCUT2D eigenvalue weighted by molar-refractivity contribution is -0.149. The number of carbonyl (C=O) groups excluding carboxylic acids is 2. The van der Waals surface area contributed by atoms with Crippen molar-refractivity contribution in [2.75, 3.05) is 6.61 Å². The van der Waals surface area contributed by atoms with Crippen LogP contribution in [-0.2, 0) is 24.4 Å². The maximum absolute atomic E-state index is 14.1. The van der Waals surface area contributed by atoms with Crippen LogP contribution in [0.15, 0.2) is 59.5 Å². The predicted molar refractivity (Wildman–Crippen MR) is 141 cm³/mol. The zero-order chi connectivity index (χ0) is 27.8. The van der Waals surface area contributed by atoms with Gasteiger partial charge in [0.25, 0.3) is 11.8 Å². The Morgan fingerprint density at radius 2 is 1.88 bits per heavy atom. The van der Waals surface area contributed by atoms with E-state index < -0.39 is 29.2 Å². The summed E-state index contributed by atoms with van der Waals surface area (Å²) in [7, 11) is 0. The molecule has 3 heterocycles. The molecule has 2 aliphatic heterocycles. The number of carbonyl (C=O) groups is 2. The highest BCUT2D eigenvalue weighted by Crippen LogP contribution is 2.38. The first kappa shape index (κ1) is 26.2. The fourth-order valence-corrected chi connectivity index (χ4v) is 5.95. The average molecular weight is 550 g/mol. The van der Waals surface area contributed by atoms with Crippen molar-refractivity contribution in [3.05, 3.63) is 99.0 Å². The normalized spacial score (nSPS) is 21.7. The van der Waals surface area contributed by atoms with Crippen LogP contribution in [0, 0.1) is 17.6 Å². The molecule has 10 heteroatoms. The summed E-state index contributed by atoms with van der Waals surface area (Å²) in [5, 5.41) is 2.53. The summed E-state index contributed by atoms with van der Waals surface area (Å²) in [4.78, 5) is 42.6. The maximum atomic E-state index is 14.1. The average Bonchev–Trinajstić information content (AvgIpc) is 2.96. The Kier molecular flexibility index (Phi) is 7.10. The zero-order valence-electron chi connectivity index (χ0n) is 21.8. The van der Waals surface area contributed by atoms with Gasteiger partial charge in [0.2, 0.25) is 5.43 Å². The molecule has 3 atom stereocenters. The second-order valence-corrected chi connectivity index (χ2v) is 10.5. The van der Waals surface area contributed by atoms with Crippen LogP contribution < -0.4 is 15.5 Å². The van der Waals surface area contributed by atoms with Crippen molar-refractivity contribution in [2.24, 2.45) is 5.92 Å². The molecule has 1 saturated carbocycles. The minimum atomic E-state index is -0.810. The molecule has 1 aliphatic carbocycles. The van der Waals surface area contributed by atoms with Gasteiger partial charge in [-0.2, -0.15) is 0 Å². The highest BCUT2D eigenvalue weighted by molar-refractivity contribution is 5.99. The third-order valence-corrected chi connectivity index (χ3v) is 7.99. The van der Waals surface area contributed by atoms with E-state index in [9.17, 15) is 23.2 Å². The van der Waals surface area contributed by atoms with Gasteiger partial charge < -0.3 is 24.3 Å². The van der Waals surface area contributed by atoms with E-state index >= 15 is 0 Å². The number of hydrogen-bond acceptors (Lipinski definition) is 5. The lowest BCUT2D eigenvalue weighted by Crippen LogP contribution is -2.61. The Balaban J connectivity index is 1.35. The number of nitrogens with zero attached hydrogens (tertiary/aromatic N) is 2. The van der Waals surface area contributed by atoms with E-state index in [4.69, 9.17) is 9.47 Å². The molecule has 6 rings (SSSR count). The molecule has 0 radical (unpaired) electrons. The van der Waals surface area contributed by atoms with Crippen molar-refractivity contribution in [3.8, 4) is 5.75 Å². The largest absolute Gasteiger partial charge is 0.483 e. The van der Waals surface area contributed by atoms with Gasteiger partial charge in [-0.3, -0.25) is 14.4 Å². The van der Waals surface area contributed by atoms with Gasteiger partial charge in [-0.15, -0.1) is 0 Å². The Bertz CT molecular complexity index is 1510. The third kappa shape index (κ3) is 4.88. The number of benzene rings is 2. The fourth-order valence-electron chi connectivity index (χ4n) is 5.95. The number of nitrogens with one attached hydrogen (secondary N) is 1. The fraction of sp³-hybridized carbons (Fsp3) is 0.367. The van der Waals surface area contributed by atoms with Crippen LogP contribution in [-0.4, -0.2) is 40.2 Å². The number of aromatic nitrogens is 1. The summed E-state index contributed by atoms with van der Waals surface area (Å²) < 4.78 is 41.0. The topological polar surface area (TPSA) is 89.9 Å².